The Hall–Kier alpha value is -1.26. The van der Waals surface area contributed by atoms with Crippen LogP contribution in [0, 0.1) is 5.41 Å². The number of nitrogens with one attached hydrogen (secondary N) is 2. The zero-order valence-electron chi connectivity index (χ0n) is 16.4. The van der Waals surface area contributed by atoms with Crippen LogP contribution in [-0.2, 0) is 23.8 Å². The minimum absolute atomic E-state index is 0.0703. The summed E-state index contributed by atoms with van der Waals surface area (Å²) in [5, 5.41) is 14.5. The van der Waals surface area contributed by atoms with E-state index in [1.807, 2.05) is 0 Å². The molecule has 2 atom stereocenters. The highest BCUT2D eigenvalue weighted by Gasteiger charge is 2.28. The Morgan fingerprint density at radius 2 is 1.81 bits per heavy atom. The van der Waals surface area contributed by atoms with E-state index in [1.165, 1.54) is 7.11 Å². The lowest BCUT2D eigenvalue weighted by atomic mass is 9.88. The zero-order valence-corrected chi connectivity index (χ0v) is 16.4. The lowest BCUT2D eigenvalue weighted by Gasteiger charge is -2.27. The molecule has 2 amide bonds. The topological polar surface area (TPSA) is 132 Å². The van der Waals surface area contributed by atoms with Gasteiger partial charge < -0.3 is 35.7 Å². The summed E-state index contributed by atoms with van der Waals surface area (Å²) in [6.07, 6.45) is 0.740. The van der Waals surface area contributed by atoms with Crippen LogP contribution in [0.1, 0.15) is 33.1 Å². The molecule has 0 aliphatic rings. The zero-order chi connectivity index (χ0) is 20.0. The van der Waals surface area contributed by atoms with Gasteiger partial charge in [0.15, 0.2) is 0 Å². The maximum atomic E-state index is 12.4. The predicted molar refractivity (Wildman–Crippen MR) is 97.3 cm³/mol. The van der Waals surface area contributed by atoms with Crippen molar-refractivity contribution in [2.45, 2.75) is 45.4 Å². The fourth-order valence-electron chi connectivity index (χ4n) is 1.96. The van der Waals surface area contributed by atoms with Crippen molar-refractivity contribution in [1.29, 1.82) is 0 Å². The van der Waals surface area contributed by atoms with Crippen LogP contribution in [0.25, 0.3) is 0 Å². The average molecular weight is 377 g/mol. The third-order valence-corrected chi connectivity index (χ3v) is 3.93. The number of rotatable bonds is 15. The predicted octanol–water partition coefficient (Wildman–Crippen LogP) is -0.630. The number of amides is 2. The first-order chi connectivity index (χ1) is 12.3. The number of hydrogen-bond donors (Lipinski definition) is 4. The van der Waals surface area contributed by atoms with E-state index in [9.17, 15) is 9.59 Å². The second-order valence-electron chi connectivity index (χ2n) is 6.66. The Kier molecular flexibility index (Phi) is 13.2. The fraction of sp³-hybridized carbons (Fsp3) is 0.882. The van der Waals surface area contributed by atoms with Gasteiger partial charge in [-0.05, 0) is 6.42 Å². The molecule has 0 bridgehead atoms. The van der Waals surface area contributed by atoms with Gasteiger partial charge in [0.1, 0.15) is 6.23 Å². The van der Waals surface area contributed by atoms with Gasteiger partial charge in [-0.25, -0.2) is 0 Å². The van der Waals surface area contributed by atoms with E-state index in [-0.39, 0.29) is 50.7 Å². The molecule has 0 rings (SSSR count). The SMILES string of the molecule is CNC(=O)CCOCC(COCCC(N)OC)NC(=O)C(C)(C)CCO. The molecule has 9 heteroatoms. The van der Waals surface area contributed by atoms with Crippen molar-refractivity contribution in [1.82, 2.24) is 10.6 Å². The van der Waals surface area contributed by atoms with Crippen LogP contribution in [0.3, 0.4) is 0 Å². The molecule has 0 radical (unpaired) electrons. The van der Waals surface area contributed by atoms with Gasteiger partial charge in [-0.15, -0.1) is 0 Å². The Balaban J connectivity index is 4.47. The Morgan fingerprint density at radius 3 is 2.35 bits per heavy atom. The van der Waals surface area contributed by atoms with Gasteiger partial charge >= 0.3 is 0 Å². The molecule has 5 N–H and O–H groups in total. The molecule has 26 heavy (non-hydrogen) atoms. The first kappa shape index (κ1) is 24.7. The van der Waals surface area contributed by atoms with E-state index >= 15 is 0 Å². The van der Waals surface area contributed by atoms with Gasteiger partial charge in [0.2, 0.25) is 11.8 Å². The van der Waals surface area contributed by atoms with E-state index in [4.69, 9.17) is 25.1 Å². The van der Waals surface area contributed by atoms with Crippen LogP contribution in [0.4, 0.5) is 0 Å². The maximum absolute atomic E-state index is 12.4. The molecule has 0 heterocycles. The van der Waals surface area contributed by atoms with Crippen LogP contribution in [0.15, 0.2) is 0 Å². The summed E-state index contributed by atoms with van der Waals surface area (Å²) in [5.41, 5.74) is 4.94. The summed E-state index contributed by atoms with van der Waals surface area (Å²) in [5.74, 6) is -0.303. The number of carbonyl (C=O) groups is 2. The maximum Gasteiger partial charge on any atom is 0.226 e. The van der Waals surface area contributed by atoms with E-state index in [0.717, 1.165) is 0 Å². The number of ether oxygens (including phenoxy) is 3. The molecule has 154 valence electrons. The van der Waals surface area contributed by atoms with Crippen molar-refractivity contribution in [3.63, 3.8) is 0 Å². The normalized spacial score (nSPS) is 13.9. The fourth-order valence-corrected chi connectivity index (χ4v) is 1.96. The van der Waals surface area contributed by atoms with Gasteiger partial charge in [-0.1, -0.05) is 13.8 Å². The number of methoxy groups -OCH3 is 1. The van der Waals surface area contributed by atoms with Crippen molar-refractivity contribution in [2.24, 2.45) is 11.1 Å². The van der Waals surface area contributed by atoms with Crippen LogP contribution in [0.2, 0.25) is 0 Å². The lowest BCUT2D eigenvalue weighted by molar-refractivity contribution is -0.132. The largest absolute Gasteiger partial charge is 0.396 e. The minimum atomic E-state index is -0.701. The monoisotopic (exact) mass is 377 g/mol. The van der Waals surface area contributed by atoms with Gasteiger partial charge in [0.25, 0.3) is 0 Å². The average Bonchev–Trinajstić information content (AvgIpc) is 2.60. The third kappa shape index (κ3) is 11.4. The van der Waals surface area contributed by atoms with E-state index in [2.05, 4.69) is 10.6 Å². The van der Waals surface area contributed by atoms with Crippen molar-refractivity contribution in [2.75, 3.05) is 47.2 Å². The second-order valence-corrected chi connectivity index (χ2v) is 6.66. The number of aliphatic hydroxyl groups is 1. The summed E-state index contributed by atoms with van der Waals surface area (Å²) in [6, 6.07) is -0.371. The molecule has 0 aliphatic heterocycles. The molecule has 0 aromatic rings. The molecule has 9 nitrogen and oxygen atoms in total. The van der Waals surface area contributed by atoms with Crippen LogP contribution in [-0.4, -0.2) is 76.4 Å². The minimum Gasteiger partial charge on any atom is -0.396 e. The smallest absolute Gasteiger partial charge is 0.226 e. The van der Waals surface area contributed by atoms with Crippen LogP contribution >= 0.6 is 0 Å². The number of carbonyl (C=O) groups excluding carboxylic acids is 2. The van der Waals surface area contributed by atoms with Crippen molar-refractivity contribution < 1.29 is 28.9 Å². The molecule has 0 saturated heterocycles. The van der Waals surface area contributed by atoms with Crippen LogP contribution in [0.5, 0.6) is 0 Å². The molecular weight excluding hydrogens is 342 g/mol. The summed E-state index contributed by atoms with van der Waals surface area (Å²) in [4.78, 5) is 23.6. The van der Waals surface area contributed by atoms with E-state index in [0.29, 0.717) is 19.4 Å². The summed E-state index contributed by atoms with van der Waals surface area (Å²) in [6.45, 7) is 4.56. The summed E-state index contributed by atoms with van der Waals surface area (Å²) >= 11 is 0. The molecule has 0 fully saturated rings. The highest BCUT2D eigenvalue weighted by molar-refractivity contribution is 5.82. The van der Waals surface area contributed by atoms with Gasteiger partial charge in [0, 0.05) is 39.0 Å². The number of hydrogen-bond acceptors (Lipinski definition) is 7. The highest BCUT2D eigenvalue weighted by atomic mass is 16.5. The summed E-state index contributed by atoms with van der Waals surface area (Å²) in [7, 11) is 3.09. The second kappa shape index (κ2) is 13.9. The Morgan fingerprint density at radius 1 is 1.19 bits per heavy atom. The molecular formula is C17H35N3O6. The molecule has 0 saturated carbocycles. The molecule has 2 unspecified atom stereocenters. The quantitative estimate of drug-likeness (QED) is 0.221. The molecule has 0 aromatic carbocycles. The first-order valence-electron chi connectivity index (χ1n) is 8.83. The first-order valence-corrected chi connectivity index (χ1v) is 8.83. The number of aliphatic hydroxyl groups excluding tert-OH is 1. The Bertz CT molecular complexity index is 406. The summed E-state index contributed by atoms with van der Waals surface area (Å²) < 4.78 is 16.0. The van der Waals surface area contributed by atoms with Gasteiger partial charge in [-0.3, -0.25) is 9.59 Å². The molecule has 0 aromatic heterocycles. The van der Waals surface area contributed by atoms with Crippen molar-refractivity contribution in [3.8, 4) is 0 Å². The van der Waals surface area contributed by atoms with Crippen molar-refractivity contribution in [3.05, 3.63) is 0 Å². The number of nitrogens with two attached hydrogens (primary N) is 1. The lowest BCUT2D eigenvalue weighted by Crippen LogP contribution is -2.47. The third-order valence-electron chi connectivity index (χ3n) is 3.93. The Labute approximate surface area is 155 Å². The van der Waals surface area contributed by atoms with Gasteiger partial charge in [0.05, 0.1) is 32.5 Å². The van der Waals surface area contributed by atoms with E-state index in [1.54, 1.807) is 20.9 Å². The van der Waals surface area contributed by atoms with Crippen LogP contribution < -0.4 is 16.4 Å². The molecule has 0 aliphatic carbocycles. The standard InChI is InChI=1S/C17H35N3O6/c1-17(2,7-8-21)16(23)20-13(11-25-9-5-14(18)24-4)12-26-10-6-15(22)19-3/h13-14,21H,5-12,18H2,1-4H3,(H,19,22)(H,20,23). The van der Waals surface area contributed by atoms with Crippen molar-refractivity contribution >= 4 is 11.8 Å². The highest BCUT2D eigenvalue weighted by Crippen LogP contribution is 2.20. The van der Waals surface area contributed by atoms with Gasteiger partial charge in [-0.2, -0.15) is 0 Å². The van der Waals surface area contributed by atoms with E-state index < -0.39 is 11.6 Å². The molecule has 0 spiro atoms.